The van der Waals surface area contributed by atoms with Gasteiger partial charge in [-0.1, -0.05) is 23.4 Å². The van der Waals surface area contributed by atoms with E-state index in [2.05, 4.69) is 9.97 Å². The van der Waals surface area contributed by atoms with Gasteiger partial charge in [0, 0.05) is 26.4 Å². The SMILES string of the molecule is COCCCOCCOc1cc(Cl)nc(SC)n1. The van der Waals surface area contributed by atoms with E-state index in [1.807, 2.05) is 6.26 Å². The van der Waals surface area contributed by atoms with Crippen molar-refractivity contribution in [3.63, 3.8) is 0 Å². The van der Waals surface area contributed by atoms with Crippen molar-refractivity contribution < 1.29 is 14.2 Å². The zero-order valence-electron chi connectivity index (χ0n) is 10.5. The molecular formula is C11H17ClN2O3S. The van der Waals surface area contributed by atoms with Crippen molar-refractivity contribution in [3.05, 3.63) is 11.2 Å². The minimum Gasteiger partial charge on any atom is -0.475 e. The zero-order chi connectivity index (χ0) is 13.2. The van der Waals surface area contributed by atoms with E-state index in [9.17, 15) is 0 Å². The van der Waals surface area contributed by atoms with Crippen LogP contribution in [0.25, 0.3) is 0 Å². The average molecular weight is 293 g/mol. The summed E-state index contributed by atoms with van der Waals surface area (Å²) in [5.74, 6) is 0.472. The lowest BCUT2D eigenvalue weighted by atomic mass is 10.5. The highest BCUT2D eigenvalue weighted by Crippen LogP contribution is 2.18. The van der Waals surface area contributed by atoms with Crippen molar-refractivity contribution in [2.24, 2.45) is 0 Å². The van der Waals surface area contributed by atoms with Gasteiger partial charge in [0.1, 0.15) is 11.8 Å². The molecule has 18 heavy (non-hydrogen) atoms. The molecule has 1 heterocycles. The van der Waals surface area contributed by atoms with E-state index in [0.717, 1.165) is 6.42 Å². The molecule has 1 aromatic rings. The van der Waals surface area contributed by atoms with Crippen LogP contribution in [-0.2, 0) is 9.47 Å². The second-order valence-electron chi connectivity index (χ2n) is 3.32. The van der Waals surface area contributed by atoms with Crippen molar-refractivity contribution >= 4 is 23.4 Å². The van der Waals surface area contributed by atoms with Crippen molar-refractivity contribution in [2.45, 2.75) is 11.6 Å². The highest BCUT2D eigenvalue weighted by atomic mass is 35.5. The Morgan fingerprint density at radius 3 is 2.78 bits per heavy atom. The molecular weight excluding hydrogens is 276 g/mol. The maximum Gasteiger partial charge on any atom is 0.218 e. The number of rotatable bonds is 9. The van der Waals surface area contributed by atoms with Gasteiger partial charge in [-0.25, -0.2) is 4.98 Å². The van der Waals surface area contributed by atoms with E-state index in [-0.39, 0.29) is 0 Å². The Bertz CT molecular complexity index is 355. The third kappa shape index (κ3) is 6.39. The minimum absolute atomic E-state index is 0.380. The van der Waals surface area contributed by atoms with Crippen LogP contribution < -0.4 is 4.74 Å². The summed E-state index contributed by atoms with van der Waals surface area (Å²) in [6, 6.07) is 1.59. The molecule has 0 atom stereocenters. The van der Waals surface area contributed by atoms with Crippen LogP contribution in [0.15, 0.2) is 11.2 Å². The molecule has 0 saturated carbocycles. The molecule has 0 saturated heterocycles. The number of ether oxygens (including phenoxy) is 3. The van der Waals surface area contributed by atoms with Crippen LogP contribution in [-0.4, -0.2) is 49.8 Å². The lowest BCUT2D eigenvalue weighted by molar-refractivity contribution is 0.0793. The smallest absolute Gasteiger partial charge is 0.218 e. The van der Waals surface area contributed by atoms with Crippen molar-refractivity contribution in [2.75, 3.05) is 39.8 Å². The van der Waals surface area contributed by atoms with Crippen LogP contribution in [0, 0.1) is 0 Å². The third-order valence-corrected chi connectivity index (χ3v) is 2.69. The molecule has 1 rings (SSSR count). The molecule has 0 aliphatic heterocycles. The van der Waals surface area contributed by atoms with Crippen molar-refractivity contribution in [3.8, 4) is 5.88 Å². The molecule has 0 fully saturated rings. The second-order valence-corrected chi connectivity index (χ2v) is 4.48. The van der Waals surface area contributed by atoms with E-state index in [1.165, 1.54) is 11.8 Å². The first-order valence-electron chi connectivity index (χ1n) is 5.54. The molecule has 0 amide bonds. The maximum atomic E-state index is 5.84. The summed E-state index contributed by atoms with van der Waals surface area (Å²) in [6.45, 7) is 2.32. The lowest BCUT2D eigenvalue weighted by Gasteiger charge is -2.07. The van der Waals surface area contributed by atoms with E-state index in [0.29, 0.717) is 42.6 Å². The molecule has 0 unspecified atom stereocenters. The Morgan fingerprint density at radius 2 is 2.06 bits per heavy atom. The molecule has 0 aliphatic carbocycles. The van der Waals surface area contributed by atoms with Gasteiger partial charge < -0.3 is 14.2 Å². The quantitative estimate of drug-likeness (QED) is 0.301. The van der Waals surface area contributed by atoms with E-state index >= 15 is 0 Å². The highest BCUT2D eigenvalue weighted by molar-refractivity contribution is 7.98. The maximum absolute atomic E-state index is 5.84. The molecule has 0 aromatic carbocycles. The number of hydrogen-bond donors (Lipinski definition) is 0. The summed E-state index contributed by atoms with van der Waals surface area (Å²) >= 11 is 7.25. The summed E-state index contributed by atoms with van der Waals surface area (Å²) in [7, 11) is 1.67. The summed E-state index contributed by atoms with van der Waals surface area (Å²) in [4.78, 5) is 8.19. The van der Waals surface area contributed by atoms with Gasteiger partial charge >= 0.3 is 0 Å². The number of methoxy groups -OCH3 is 1. The highest BCUT2D eigenvalue weighted by Gasteiger charge is 2.03. The van der Waals surface area contributed by atoms with Gasteiger partial charge in [0.2, 0.25) is 5.88 Å². The fourth-order valence-electron chi connectivity index (χ4n) is 1.15. The number of hydrogen-bond acceptors (Lipinski definition) is 6. The van der Waals surface area contributed by atoms with Gasteiger partial charge in [0.15, 0.2) is 5.16 Å². The summed E-state index contributed by atoms with van der Waals surface area (Å²) in [5.41, 5.74) is 0. The standard InChI is InChI=1S/C11H17ClN2O3S/c1-15-4-3-5-16-6-7-17-10-8-9(12)13-11(14-10)18-2/h8H,3-7H2,1-2H3. The molecule has 102 valence electrons. The Balaban J connectivity index is 2.20. The van der Waals surface area contributed by atoms with Crippen LogP contribution >= 0.6 is 23.4 Å². The topological polar surface area (TPSA) is 53.5 Å². The fraction of sp³-hybridized carbons (Fsp3) is 0.636. The second kappa shape index (κ2) is 9.38. The van der Waals surface area contributed by atoms with E-state index in [1.54, 1.807) is 13.2 Å². The van der Waals surface area contributed by atoms with Gasteiger partial charge in [-0.2, -0.15) is 4.98 Å². The molecule has 0 N–H and O–H groups in total. The molecule has 7 heteroatoms. The van der Waals surface area contributed by atoms with Crippen LogP contribution in [0.2, 0.25) is 5.15 Å². The summed E-state index contributed by atoms with van der Waals surface area (Å²) in [6.07, 6.45) is 2.76. The van der Waals surface area contributed by atoms with Crippen molar-refractivity contribution in [1.29, 1.82) is 0 Å². The van der Waals surface area contributed by atoms with E-state index in [4.69, 9.17) is 25.8 Å². The monoisotopic (exact) mass is 292 g/mol. The first-order valence-corrected chi connectivity index (χ1v) is 7.14. The lowest BCUT2D eigenvalue weighted by Crippen LogP contribution is -2.09. The predicted molar refractivity (Wildman–Crippen MR) is 71.6 cm³/mol. The number of aromatic nitrogens is 2. The molecule has 0 radical (unpaired) electrons. The molecule has 0 aliphatic rings. The largest absolute Gasteiger partial charge is 0.475 e. The van der Waals surface area contributed by atoms with E-state index < -0.39 is 0 Å². The predicted octanol–water partition coefficient (Wildman–Crippen LogP) is 2.28. The fourth-order valence-corrected chi connectivity index (χ4v) is 1.75. The van der Waals surface area contributed by atoms with Gasteiger partial charge in [-0.3, -0.25) is 0 Å². The van der Waals surface area contributed by atoms with Gasteiger partial charge in [-0.15, -0.1) is 0 Å². The average Bonchev–Trinajstić information content (AvgIpc) is 2.37. The van der Waals surface area contributed by atoms with Crippen LogP contribution in [0.5, 0.6) is 5.88 Å². The molecule has 0 spiro atoms. The number of nitrogens with zero attached hydrogens (tertiary/aromatic N) is 2. The molecule has 5 nitrogen and oxygen atoms in total. The summed E-state index contributed by atoms with van der Waals surface area (Å²) in [5, 5.41) is 0.976. The van der Waals surface area contributed by atoms with Crippen LogP contribution in [0.3, 0.4) is 0 Å². The van der Waals surface area contributed by atoms with Crippen molar-refractivity contribution in [1.82, 2.24) is 9.97 Å². The molecule has 0 bridgehead atoms. The molecule has 1 aromatic heterocycles. The normalized spacial score (nSPS) is 10.6. The first-order chi connectivity index (χ1) is 8.76. The number of thioether (sulfide) groups is 1. The number of halogens is 1. The van der Waals surface area contributed by atoms with Gasteiger partial charge in [0.25, 0.3) is 0 Å². The Morgan fingerprint density at radius 1 is 1.22 bits per heavy atom. The first kappa shape index (κ1) is 15.5. The Hall–Kier alpha value is -0.560. The summed E-state index contributed by atoms with van der Waals surface area (Å²) < 4.78 is 15.7. The van der Waals surface area contributed by atoms with Gasteiger partial charge in [0.05, 0.1) is 6.61 Å². The van der Waals surface area contributed by atoms with Gasteiger partial charge in [-0.05, 0) is 12.7 Å². The van der Waals surface area contributed by atoms with Crippen LogP contribution in [0.4, 0.5) is 0 Å². The Labute approximate surface area is 116 Å². The third-order valence-electron chi connectivity index (χ3n) is 1.95. The zero-order valence-corrected chi connectivity index (χ0v) is 12.1. The Kier molecular flexibility index (Phi) is 8.08. The minimum atomic E-state index is 0.380. The van der Waals surface area contributed by atoms with Crippen LogP contribution in [0.1, 0.15) is 6.42 Å².